The van der Waals surface area contributed by atoms with Crippen LogP contribution in [0.15, 0.2) is 46.9 Å². The van der Waals surface area contributed by atoms with Crippen LogP contribution < -0.4 is 4.90 Å². The van der Waals surface area contributed by atoms with Gasteiger partial charge in [-0.25, -0.2) is 0 Å². The van der Waals surface area contributed by atoms with E-state index in [0.717, 1.165) is 11.5 Å². The molecule has 0 aliphatic carbocycles. The number of para-hydroxylation sites is 1. The van der Waals surface area contributed by atoms with Crippen molar-refractivity contribution in [2.24, 2.45) is 0 Å². The molecule has 0 spiro atoms. The van der Waals surface area contributed by atoms with Gasteiger partial charge in [-0.05, 0) is 45.2 Å². The van der Waals surface area contributed by atoms with Crippen molar-refractivity contribution in [1.29, 1.82) is 0 Å². The van der Waals surface area contributed by atoms with E-state index in [1.165, 1.54) is 4.90 Å². The van der Waals surface area contributed by atoms with Crippen molar-refractivity contribution in [3.05, 3.63) is 54.0 Å². The molecule has 0 aliphatic heterocycles. The van der Waals surface area contributed by atoms with E-state index >= 15 is 0 Å². The first-order valence-electron chi connectivity index (χ1n) is 8.24. The zero-order valence-electron chi connectivity index (χ0n) is 14.9. The quantitative estimate of drug-likeness (QED) is 0.689. The number of anilines is 1. The van der Waals surface area contributed by atoms with E-state index in [2.05, 4.69) is 0 Å². The van der Waals surface area contributed by atoms with Gasteiger partial charge in [0, 0.05) is 5.69 Å². The Hall–Kier alpha value is -2.60. The third-order valence-electron chi connectivity index (χ3n) is 3.59. The van der Waals surface area contributed by atoms with Gasteiger partial charge in [0.15, 0.2) is 0 Å². The molecule has 2 rings (SSSR count). The topological polar surface area (TPSA) is 63.0 Å². The van der Waals surface area contributed by atoms with Crippen molar-refractivity contribution in [2.45, 2.75) is 20.4 Å². The van der Waals surface area contributed by atoms with Crippen molar-refractivity contribution in [3.8, 4) is 0 Å². The predicted octanol–water partition coefficient (Wildman–Crippen LogP) is 2.62. The van der Waals surface area contributed by atoms with E-state index < -0.39 is 5.97 Å². The average Bonchev–Trinajstić information content (AvgIpc) is 2.98. The van der Waals surface area contributed by atoms with Gasteiger partial charge in [0.2, 0.25) is 5.91 Å². The van der Waals surface area contributed by atoms with E-state index in [1.807, 2.05) is 49.2 Å². The summed E-state index contributed by atoms with van der Waals surface area (Å²) >= 11 is 0. The SMILES string of the molecule is CCOC(=O)CN(C(=O)CN(C)Cc1ccc(C)o1)c1ccccc1. The summed E-state index contributed by atoms with van der Waals surface area (Å²) in [6, 6.07) is 12.9. The van der Waals surface area contributed by atoms with Gasteiger partial charge >= 0.3 is 5.97 Å². The molecule has 1 aromatic carbocycles. The van der Waals surface area contributed by atoms with Gasteiger partial charge < -0.3 is 14.1 Å². The van der Waals surface area contributed by atoms with Crippen molar-refractivity contribution in [3.63, 3.8) is 0 Å². The lowest BCUT2D eigenvalue weighted by Gasteiger charge is -2.24. The summed E-state index contributed by atoms with van der Waals surface area (Å²) in [4.78, 5) is 27.9. The molecule has 6 heteroatoms. The molecule has 134 valence electrons. The minimum absolute atomic E-state index is 0.107. The fourth-order valence-corrected chi connectivity index (χ4v) is 2.48. The smallest absolute Gasteiger partial charge is 0.326 e. The predicted molar refractivity (Wildman–Crippen MR) is 95.2 cm³/mol. The van der Waals surface area contributed by atoms with Crippen LogP contribution in [0.25, 0.3) is 0 Å². The van der Waals surface area contributed by atoms with Crippen LogP contribution >= 0.6 is 0 Å². The highest BCUT2D eigenvalue weighted by molar-refractivity contribution is 5.98. The van der Waals surface area contributed by atoms with Gasteiger partial charge in [0.25, 0.3) is 0 Å². The summed E-state index contributed by atoms with van der Waals surface area (Å²) in [5, 5.41) is 0. The third kappa shape index (κ3) is 5.76. The zero-order valence-corrected chi connectivity index (χ0v) is 14.9. The number of nitrogens with zero attached hydrogens (tertiary/aromatic N) is 2. The van der Waals surface area contributed by atoms with Gasteiger partial charge in [0.05, 0.1) is 19.7 Å². The Morgan fingerprint density at radius 3 is 2.40 bits per heavy atom. The average molecular weight is 344 g/mol. The number of esters is 1. The van der Waals surface area contributed by atoms with Crippen LogP contribution in [0, 0.1) is 6.92 Å². The Bertz CT molecular complexity index is 696. The Kier molecular flexibility index (Phi) is 6.77. The molecule has 1 amide bonds. The number of hydrogen-bond acceptors (Lipinski definition) is 5. The van der Waals surface area contributed by atoms with Crippen LogP contribution in [-0.2, 0) is 20.9 Å². The lowest BCUT2D eigenvalue weighted by Crippen LogP contribution is -2.42. The number of carbonyl (C=O) groups excluding carboxylic acids is 2. The molecule has 0 bridgehead atoms. The number of likely N-dealkylation sites (N-methyl/N-ethyl adjacent to an activating group) is 1. The minimum atomic E-state index is -0.427. The number of hydrogen-bond donors (Lipinski definition) is 0. The van der Waals surface area contributed by atoms with Crippen molar-refractivity contribution in [1.82, 2.24) is 4.90 Å². The normalized spacial score (nSPS) is 10.7. The van der Waals surface area contributed by atoms with Gasteiger partial charge in [-0.1, -0.05) is 18.2 Å². The number of aryl methyl sites for hydroxylation is 1. The van der Waals surface area contributed by atoms with E-state index in [4.69, 9.17) is 9.15 Å². The summed E-state index contributed by atoms with van der Waals surface area (Å²) in [7, 11) is 1.84. The maximum Gasteiger partial charge on any atom is 0.326 e. The number of ether oxygens (including phenoxy) is 1. The molecular formula is C19H24N2O4. The Morgan fingerprint density at radius 1 is 1.08 bits per heavy atom. The number of carbonyl (C=O) groups is 2. The van der Waals surface area contributed by atoms with Crippen LogP contribution in [0.1, 0.15) is 18.4 Å². The highest BCUT2D eigenvalue weighted by Gasteiger charge is 2.21. The van der Waals surface area contributed by atoms with Crippen molar-refractivity contribution >= 4 is 17.6 Å². The lowest BCUT2D eigenvalue weighted by molar-refractivity contribution is -0.142. The van der Waals surface area contributed by atoms with Crippen LogP contribution in [0.5, 0.6) is 0 Å². The molecule has 0 saturated heterocycles. The maximum absolute atomic E-state index is 12.7. The van der Waals surface area contributed by atoms with Gasteiger partial charge in [0.1, 0.15) is 18.1 Å². The molecular weight excluding hydrogens is 320 g/mol. The number of benzene rings is 1. The standard InChI is InChI=1S/C19H24N2O4/c1-4-24-19(23)14-21(16-8-6-5-7-9-16)18(22)13-20(3)12-17-11-10-15(2)25-17/h5-11H,4,12-14H2,1-3H3. The second-order valence-electron chi connectivity index (χ2n) is 5.81. The third-order valence-corrected chi connectivity index (χ3v) is 3.59. The highest BCUT2D eigenvalue weighted by atomic mass is 16.5. The van der Waals surface area contributed by atoms with Crippen LogP contribution in [-0.4, -0.2) is 43.5 Å². The Balaban J connectivity index is 2.04. The number of furan rings is 1. The van der Waals surface area contributed by atoms with Gasteiger partial charge in [-0.3, -0.25) is 14.5 Å². The van der Waals surface area contributed by atoms with E-state index in [-0.39, 0.29) is 25.6 Å². The van der Waals surface area contributed by atoms with Gasteiger partial charge in [-0.2, -0.15) is 0 Å². The van der Waals surface area contributed by atoms with Crippen LogP contribution in [0.4, 0.5) is 5.69 Å². The summed E-state index contributed by atoms with van der Waals surface area (Å²) in [6.07, 6.45) is 0. The summed E-state index contributed by atoms with van der Waals surface area (Å²) in [6.45, 7) is 4.48. The fraction of sp³-hybridized carbons (Fsp3) is 0.368. The summed E-state index contributed by atoms with van der Waals surface area (Å²) in [5.41, 5.74) is 0.669. The molecule has 1 aromatic heterocycles. The largest absolute Gasteiger partial charge is 0.465 e. The molecule has 0 atom stereocenters. The molecule has 6 nitrogen and oxygen atoms in total. The van der Waals surface area contributed by atoms with E-state index in [9.17, 15) is 9.59 Å². The molecule has 0 saturated carbocycles. The van der Waals surface area contributed by atoms with Crippen LogP contribution in [0.3, 0.4) is 0 Å². The molecule has 1 heterocycles. The first-order chi connectivity index (χ1) is 12.0. The molecule has 0 unspecified atom stereocenters. The number of amides is 1. The maximum atomic E-state index is 12.7. The van der Waals surface area contributed by atoms with Crippen molar-refractivity contribution in [2.75, 3.05) is 31.6 Å². The van der Waals surface area contributed by atoms with E-state index in [0.29, 0.717) is 12.2 Å². The highest BCUT2D eigenvalue weighted by Crippen LogP contribution is 2.15. The first kappa shape index (κ1) is 18.7. The lowest BCUT2D eigenvalue weighted by atomic mass is 10.2. The Morgan fingerprint density at radius 2 is 1.80 bits per heavy atom. The van der Waals surface area contributed by atoms with Crippen molar-refractivity contribution < 1.29 is 18.7 Å². The Labute approximate surface area is 148 Å². The molecule has 25 heavy (non-hydrogen) atoms. The van der Waals surface area contributed by atoms with Gasteiger partial charge in [-0.15, -0.1) is 0 Å². The number of rotatable bonds is 8. The first-order valence-corrected chi connectivity index (χ1v) is 8.24. The second-order valence-corrected chi connectivity index (χ2v) is 5.81. The zero-order chi connectivity index (χ0) is 18.2. The molecule has 0 fully saturated rings. The molecule has 0 radical (unpaired) electrons. The summed E-state index contributed by atoms with van der Waals surface area (Å²) in [5.74, 6) is 1.03. The van der Waals surface area contributed by atoms with E-state index in [1.54, 1.807) is 19.1 Å². The molecule has 0 N–H and O–H groups in total. The molecule has 0 aliphatic rings. The minimum Gasteiger partial charge on any atom is -0.465 e. The monoisotopic (exact) mass is 344 g/mol. The molecule has 2 aromatic rings. The second kappa shape index (κ2) is 9.03. The van der Waals surface area contributed by atoms with Crippen LogP contribution in [0.2, 0.25) is 0 Å². The summed E-state index contributed by atoms with van der Waals surface area (Å²) < 4.78 is 10.5. The fourth-order valence-electron chi connectivity index (χ4n) is 2.48.